The Morgan fingerprint density at radius 1 is 1.30 bits per heavy atom. The lowest BCUT2D eigenvalue weighted by Gasteiger charge is -2.39. The van der Waals surface area contributed by atoms with Gasteiger partial charge in [0.2, 0.25) is 0 Å². The molecule has 3 unspecified atom stereocenters. The highest BCUT2D eigenvalue weighted by Crippen LogP contribution is 2.40. The smallest absolute Gasteiger partial charge is 0.122 e. The maximum atomic E-state index is 9.77. The second-order valence-corrected chi connectivity index (χ2v) is 7.12. The predicted octanol–water partition coefficient (Wildman–Crippen LogP) is 3.17. The van der Waals surface area contributed by atoms with Crippen molar-refractivity contribution >= 4 is 0 Å². The molecule has 0 radical (unpaired) electrons. The summed E-state index contributed by atoms with van der Waals surface area (Å²) in [6.07, 6.45) is 8.88. The number of likely N-dealkylation sites (N-methyl/N-ethyl adjacent to an activating group) is 1. The first kappa shape index (κ1) is 15.8. The first-order valence-electron chi connectivity index (χ1n) is 8.47. The van der Waals surface area contributed by atoms with Gasteiger partial charge in [0.15, 0.2) is 0 Å². The molecule has 0 saturated heterocycles. The lowest BCUT2D eigenvalue weighted by atomic mass is 9.85. The Morgan fingerprint density at radius 2 is 2.05 bits per heavy atom. The summed E-state index contributed by atoms with van der Waals surface area (Å²) in [4.78, 5) is 2.47. The van der Waals surface area contributed by atoms with Gasteiger partial charge >= 0.3 is 0 Å². The summed E-state index contributed by atoms with van der Waals surface area (Å²) in [6, 6.07) is 3.32. The van der Waals surface area contributed by atoms with Crippen molar-refractivity contribution in [2.45, 2.75) is 70.4 Å². The zero-order valence-corrected chi connectivity index (χ0v) is 13.5. The van der Waals surface area contributed by atoms with Gasteiger partial charge < -0.3 is 4.90 Å². The molecular formula is C17H31N3. The Bertz CT molecular complexity index is 345. The summed E-state index contributed by atoms with van der Waals surface area (Å²) in [7, 11) is 2.23. The van der Waals surface area contributed by atoms with Gasteiger partial charge in [0, 0.05) is 12.6 Å². The van der Waals surface area contributed by atoms with Crippen molar-refractivity contribution in [2.24, 2.45) is 11.8 Å². The Labute approximate surface area is 124 Å². The minimum Gasteiger partial charge on any atom is -0.300 e. The van der Waals surface area contributed by atoms with Crippen molar-refractivity contribution in [2.75, 3.05) is 20.1 Å². The first-order chi connectivity index (χ1) is 9.61. The predicted molar refractivity (Wildman–Crippen MR) is 83.4 cm³/mol. The van der Waals surface area contributed by atoms with Crippen LogP contribution in [0.5, 0.6) is 0 Å². The Balaban J connectivity index is 1.97. The van der Waals surface area contributed by atoms with Gasteiger partial charge in [-0.3, -0.25) is 5.32 Å². The van der Waals surface area contributed by atoms with Crippen molar-refractivity contribution < 1.29 is 0 Å². The molecule has 20 heavy (non-hydrogen) atoms. The van der Waals surface area contributed by atoms with E-state index in [-0.39, 0.29) is 5.54 Å². The van der Waals surface area contributed by atoms with Gasteiger partial charge in [-0.05, 0) is 57.5 Å². The normalized spacial score (nSPS) is 29.9. The number of hydrogen-bond acceptors (Lipinski definition) is 3. The van der Waals surface area contributed by atoms with Gasteiger partial charge in [0.1, 0.15) is 5.54 Å². The number of nitrogens with one attached hydrogen (secondary N) is 1. The van der Waals surface area contributed by atoms with Crippen LogP contribution in [0, 0.1) is 23.2 Å². The Kier molecular flexibility index (Phi) is 5.46. The molecule has 0 bridgehead atoms. The molecule has 0 heterocycles. The van der Waals surface area contributed by atoms with Crippen molar-refractivity contribution in [3.63, 3.8) is 0 Å². The topological polar surface area (TPSA) is 39.1 Å². The molecular weight excluding hydrogens is 246 g/mol. The highest BCUT2D eigenvalue weighted by molar-refractivity contribution is 5.16. The molecule has 0 aromatic heterocycles. The van der Waals surface area contributed by atoms with E-state index in [1.165, 1.54) is 38.5 Å². The number of nitriles is 1. The van der Waals surface area contributed by atoms with Gasteiger partial charge in [-0.25, -0.2) is 0 Å². The van der Waals surface area contributed by atoms with Crippen LogP contribution in [0.4, 0.5) is 0 Å². The van der Waals surface area contributed by atoms with Gasteiger partial charge in [0.25, 0.3) is 0 Å². The third-order valence-electron chi connectivity index (χ3n) is 5.20. The van der Waals surface area contributed by atoms with Crippen LogP contribution in [0.1, 0.15) is 58.8 Å². The Hall–Kier alpha value is -0.590. The monoisotopic (exact) mass is 277 g/mol. The van der Waals surface area contributed by atoms with Crippen LogP contribution in [-0.4, -0.2) is 36.6 Å². The standard InChI is InChI=1S/C17H31N3/c1-4-10-19-17(12-18,15-8-9-15)13-20(3)16-7-5-6-14(2)11-16/h14-16,19H,4-11,13H2,1-3H3. The summed E-state index contributed by atoms with van der Waals surface area (Å²) in [6.45, 7) is 6.40. The maximum Gasteiger partial charge on any atom is 0.122 e. The maximum absolute atomic E-state index is 9.77. The second-order valence-electron chi connectivity index (χ2n) is 7.12. The summed E-state index contributed by atoms with van der Waals surface area (Å²) in [5, 5.41) is 13.3. The van der Waals surface area contributed by atoms with Crippen LogP contribution >= 0.6 is 0 Å². The number of hydrogen-bond donors (Lipinski definition) is 1. The Morgan fingerprint density at radius 3 is 2.60 bits per heavy atom. The summed E-state index contributed by atoms with van der Waals surface area (Å²) < 4.78 is 0. The van der Waals surface area contributed by atoms with E-state index in [4.69, 9.17) is 0 Å². The van der Waals surface area contributed by atoms with E-state index in [0.29, 0.717) is 12.0 Å². The summed E-state index contributed by atoms with van der Waals surface area (Å²) >= 11 is 0. The zero-order chi connectivity index (χ0) is 14.6. The van der Waals surface area contributed by atoms with Crippen LogP contribution in [0.15, 0.2) is 0 Å². The largest absolute Gasteiger partial charge is 0.300 e. The molecule has 0 amide bonds. The second kappa shape index (κ2) is 6.91. The highest BCUT2D eigenvalue weighted by atomic mass is 15.2. The third-order valence-corrected chi connectivity index (χ3v) is 5.20. The molecule has 1 N–H and O–H groups in total. The fourth-order valence-electron chi connectivity index (χ4n) is 3.74. The molecule has 0 aliphatic heterocycles. The van der Waals surface area contributed by atoms with E-state index >= 15 is 0 Å². The molecule has 2 saturated carbocycles. The molecule has 3 heteroatoms. The van der Waals surface area contributed by atoms with Crippen molar-refractivity contribution in [1.29, 1.82) is 5.26 Å². The lowest BCUT2D eigenvalue weighted by molar-refractivity contribution is 0.129. The fraction of sp³-hybridized carbons (Fsp3) is 0.941. The van der Waals surface area contributed by atoms with Crippen LogP contribution in [0.2, 0.25) is 0 Å². The van der Waals surface area contributed by atoms with Gasteiger partial charge in [-0.1, -0.05) is 26.7 Å². The lowest BCUT2D eigenvalue weighted by Crippen LogP contribution is -2.56. The molecule has 3 nitrogen and oxygen atoms in total. The van der Waals surface area contributed by atoms with Crippen molar-refractivity contribution in [1.82, 2.24) is 10.2 Å². The van der Waals surface area contributed by atoms with E-state index in [1.54, 1.807) is 0 Å². The number of rotatable bonds is 7. The quantitative estimate of drug-likeness (QED) is 0.777. The summed E-state index contributed by atoms with van der Waals surface area (Å²) in [5.41, 5.74) is -0.300. The average molecular weight is 277 g/mol. The molecule has 2 aliphatic rings. The molecule has 0 aromatic carbocycles. The van der Waals surface area contributed by atoms with E-state index in [2.05, 4.69) is 37.2 Å². The summed E-state index contributed by atoms with van der Waals surface area (Å²) in [5.74, 6) is 1.42. The zero-order valence-electron chi connectivity index (χ0n) is 13.5. The molecule has 0 aromatic rings. The van der Waals surface area contributed by atoms with E-state index in [1.807, 2.05) is 0 Å². The minimum atomic E-state index is -0.300. The van der Waals surface area contributed by atoms with Crippen molar-refractivity contribution in [3.8, 4) is 6.07 Å². The van der Waals surface area contributed by atoms with Crippen LogP contribution in [-0.2, 0) is 0 Å². The first-order valence-corrected chi connectivity index (χ1v) is 8.47. The van der Waals surface area contributed by atoms with Gasteiger partial charge in [-0.2, -0.15) is 5.26 Å². The van der Waals surface area contributed by atoms with Gasteiger partial charge in [-0.15, -0.1) is 0 Å². The fourth-order valence-corrected chi connectivity index (χ4v) is 3.74. The minimum absolute atomic E-state index is 0.300. The van der Waals surface area contributed by atoms with Crippen LogP contribution in [0.25, 0.3) is 0 Å². The van der Waals surface area contributed by atoms with E-state index < -0.39 is 0 Å². The molecule has 2 aliphatic carbocycles. The molecule has 0 spiro atoms. The van der Waals surface area contributed by atoms with E-state index in [9.17, 15) is 5.26 Å². The number of nitrogens with zero attached hydrogens (tertiary/aromatic N) is 2. The van der Waals surface area contributed by atoms with Crippen LogP contribution < -0.4 is 5.32 Å². The SMILES string of the molecule is CCCNC(C#N)(CN(C)C1CCCC(C)C1)C1CC1. The molecule has 114 valence electrons. The van der Waals surface area contributed by atoms with Crippen molar-refractivity contribution in [3.05, 3.63) is 0 Å². The highest BCUT2D eigenvalue weighted by Gasteiger charge is 2.46. The molecule has 3 atom stereocenters. The van der Waals surface area contributed by atoms with Crippen LogP contribution in [0.3, 0.4) is 0 Å². The molecule has 2 fully saturated rings. The average Bonchev–Trinajstić information content (AvgIpc) is 3.28. The molecule has 2 rings (SSSR count). The van der Waals surface area contributed by atoms with E-state index in [0.717, 1.165) is 25.4 Å². The van der Waals surface area contributed by atoms with Gasteiger partial charge in [0.05, 0.1) is 6.07 Å². The third kappa shape index (κ3) is 3.74.